The molecule has 1 aliphatic rings. The molecule has 0 radical (unpaired) electrons. The molecule has 35 heavy (non-hydrogen) atoms. The molecule has 0 bridgehead atoms. The second-order valence-electron chi connectivity index (χ2n) is 8.79. The molecule has 1 N–H and O–H groups in total. The Morgan fingerprint density at radius 2 is 1.80 bits per heavy atom. The number of amides is 1. The van der Waals surface area contributed by atoms with Gasteiger partial charge in [-0.2, -0.15) is 0 Å². The molecule has 186 valence electrons. The minimum atomic E-state index is -0.145. The normalized spacial score (nSPS) is 14.3. The van der Waals surface area contributed by atoms with Crippen molar-refractivity contribution >= 4 is 34.8 Å². The van der Waals surface area contributed by atoms with E-state index in [-0.39, 0.29) is 5.91 Å². The quantitative estimate of drug-likeness (QED) is 0.402. The average molecular weight is 515 g/mol. The summed E-state index contributed by atoms with van der Waals surface area (Å²) in [6, 6.07) is 15.9. The molecule has 1 saturated heterocycles. The Hall–Kier alpha value is -2.61. The van der Waals surface area contributed by atoms with E-state index >= 15 is 0 Å². The third-order valence-electron chi connectivity index (χ3n) is 6.30. The maximum Gasteiger partial charge on any atom is 0.273 e. The van der Waals surface area contributed by atoms with E-state index in [1.807, 2.05) is 41.1 Å². The molecule has 7 nitrogen and oxygen atoms in total. The van der Waals surface area contributed by atoms with E-state index in [9.17, 15) is 4.79 Å². The number of piperazine rings is 1. The Morgan fingerprint density at radius 3 is 2.54 bits per heavy atom. The number of anilines is 1. The predicted octanol–water partition coefficient (Wildman–Crippen LogP) is 4.53. The van der Waals surface area contributed by atoms with Gasteiger partial charge < -0.3 is 10.2 Å². The fourth-order valence-electron chi connectivity index (χ4n) is 4.41. The molecule has 0 aliphatic carbocycles. The maximum absolute atomic E-state index is 12.8. The number of benzene rings is 2. The van der Waals surface area contributed by atoms with Gasteiger partial charge in [0.05, 0.1) is 28.0 Å². The van der Waals surface area contributed by atoms with Crippen LogP contribution in [0.15, 0.2) is 48.5 Å². The van der Waals surface area contributed by atoms with Crippen molar-refractivity contribution in [1.29, 1.82) is 0 Å². The summed E-state index contributed by atoms with van der Waals surface area (Å²) < 4.78 is 1.85. The van der Waals surface area contributed by atoms with E-state index in [0.29, 0.717) is 28.8 Å². The van der Waals surface area contributed by atoms with Gasteiger partial charge in [-0.15, -0.1) is 5.10 Å². The summed E-state index contributed by atoms with van der Waals surface area (Å²) in [5.74, 6) is -0.145. The van der Waals surface area contributed by atoms with Crippen molar-refractivity contribution in [3.63, 3.8) is 0 Å². The standard InChI is InChI=1S/C26H32Cl2N6O/c1-2-8-23-25(30-31-34(23)19-20-9-4-3-5-10-20)26(35)29-13-7-14-32-15-17-33(18-16-32)22-12-6-11-21(27)24(22)28/h3-6,9-12H,2,7-8,13-19H2,1H3,(H,29,35). The molecule has 0 spiro atoms. The second kappa shape index (κ2) is 12.4. The molecule has 1 aromatic heterocycles. The summed E-state index contributed by atoms with van der Waals surface area (Å²) in [5.41, 5.74) is 3.47. The van der Waals surface area contributed by atoms with Gasteiger partial charge in [-0.3, -0.25) is 9.69 Å². The van der Waals surface area contributed by atoms with E-state index in [1.165, 1.54) is 0 Å². The summed E-state index contributed by atoms with van der Waals surface area (Å²) >= 11 is 12.5. The van der Waals surface area contributed by atoms with E-state index in [2.05, 4.69) is 44.5 Å². The first-order valence-corrected chi connectivity index (χ1v) is 13.0. The fraction of sp³-hybridized carbons (Fsp3) is 0.423. The number of carbonyl (C=O) groups excluding carboxylic acids is 1. The Kier molecular flexibility index (Phi) is 9.01. The number of nitrogens with one attached hydrogen (secondary N) is 1. The van der Waals surface area contributed by atoms with Crippen LogP contribution in [0, 0.1) is 0 Å². The average Bonchev–Trinajstić information content (AvgIpc) is 3.27. The third kappa shape index (κ3) is 6.54. The molecular weight excluding hydrogens is 483 g/mol. The minimum absolute atomic E-state index is 0.145. The van der Waals surface area contributed by atoms with Crippen LogP contribution in [-0.4, -0.2) is 65.1 Å². The topological polar surface area (TPSA) is 66.3 Å². The van der Waals surface area contributed by atoms with E-state index in [0.717, 1.165) is 68.9 Å². The highest BCUT2D eigenvalue weighted by Crippen LogP contribution is 2.32. The van der Waals surface area contributed by atoms with Crippen molar-refractivity contribution in [1.82, 2.24) is 25.2 Å². The number of halogens is 2. The van der Waals surface area contributed by atoms with E-state index in [4.69, 9.17) is 23.2 Å². The number of rotatable bonds is 10. The highest BCUT2D eigenvalue weighted by atomic mass is 35.5. The van der Waals surface area contributed by atoms with E-state index < -0.39 is 0 Å². The number of carbonyl (C=O) groups is 1. The fourth-order valence-corrected chi connectivity index (χ4v) is 4.83. The van der Waals surface area contributed by atoms with Crippen LogP contribution in [0.25, 0.3) is 0 Å². The van der Waals surface area contributed by atoms with Gasteiger partial charge in [0, 0.05) is 32.7 Å². The number of hydrogen-bond donors (Lipinski definition) is 1. The van der Waals surface area contributed by atoms with Crippen molar-refractivity contribution in [2.45, 2.75) is 32.7 Å². The van der Waals surface area contributed by atoms with Crippen molar-refractivity contribution in [2.24, 2.45) is 0 Å². The van der Waals surface area contributed by atoms with Gasteiger partial charge in [0.15, 0.2) is 5.69 Å². The van der Waals surface area contributed by atoms with Crippen LogP contribution in [0.5, 0.6) is 0 Å². The molecule has 4 rings (SSSR count). The van der Waals surface area contributed by atoms with Crippen LogP contribution < -0.4 is 10.2 Å². The molecule has 0 unspecified atom stereocenters. The van der Waals surface area contributed by atoms with Gasteiger partial charge in [0.25, 0.3) is 5.91 Å². The van der Waals surface area contributed by atoms with E-state index in [1.54, 1.807) is 0 Å². The zero-order valence-electron chi connectivity index (χ0n) is 20.1. The van der Waals surface area contributed by atoms with Crippen LogP contribution in [-0.2, 0) is 13.0 Å². The summed E-state index contributed by atoms with van der Waals surface area (Å²) in [5, 5.41) is 12.7. The lowest BCUT2D eigenvalue weighted by Gasteiger charge is -2.36. The first-order chi connectivity index (χ1) is 17.1. The smallest absolute Gasteiger partial charge is 0.273 e. The van der Waals surface area contributed by atoms with Crippen molar-refractivity contribution in [2.75, 3.05) is 44.2 Å². The molecule has 0 atom stereocenters. The molecular formula is C26H32Cl2N6O. The summed E-state index contributed by atoms with van der Waals surface area (Å²) in [6.07, 6.45) is 2.57. The first kappa shape index (κ1) is 25.5. The van der Waals surface area contributed by atoms with Crippen molar-refractivity contribution < 1.29 is 4.79 Å². The summed E-state index contributed by atoms with van der Waals surface area (Å²) in [7, 11) is 0. The van der Waals surface area contributed by atoms with Gasteiger partial charge in [-0.05, 0) is 37.1 Å². The molecule has 3 aromatic rings. The van der Waals surface area contributed by atoms with Gasteiger partial charge in [-0.1, -0.05) is 78.2 Å². The Bertz CT molecular complexity index is 1110. The van der Waals surface area contributed by atoms with Crippen LogP contribution >= 0.6 is 23.2 Å². The second-order valence-corrected chi connectivity index (χ2v) is 9.57. The first-order valence-electron chi connectivity index (χ1n) is 12.2. The van der Waals surface area contributed by atoms with Gasteiger partial charge in [-0.25, -0.2) is 4.68 Å². The van der Waals surface area contributed by atoms with Crippen LogP contribution in [0.3, 0.4) is 0 Å². The zero-order chi connectivity index (χ0) is 24.6. The van der Waals surface area contributed by atoms with Gasteiger partial charge in [0.2, 0.25) is 0 Å². The SMILES string of the molecule is CCCc1c(C(=O)NCCCN2CCN(c3cccc(Cl)c3Cl)CC2)nnn1Cc1ccccc1. The third-order valence-corrected chi connectivity index (χ3v) is 7.10. The maximum atomic E-state index is 12.8. The molecule has 1 fully saturated rings. The highest BCUT2D eigenvalue weighted by Gasteiger charge is 2.21. The van der Waals surface area contributed by atoms with Crippen LogP contribution in [0.1, 0.15) is 41.5 Å². The molecule has 2 aromatic carbocycles. The van der Waals surface area contributed by atoms with Gasteiger partial charge in [0.1, 0.15) is 0 Å². The molecule has 0 saturated carbocycles. The lowest BCUT2D eigenvalue weighted by Crippen LogP contribution is -2.47. The Labute approximate surface area is 217 Å². The largest absolute Gasteiger partial charge is 0.368 e. The Balaban J connectivity index is 1.24. The summed E-state index contributed by atoms with van der Waals surface area (Å²) in [6.45, 7) is 7.95. The van der Waals surface area contributed by atoms with Gasteiger partial charge >= 0.3 is 0 Å². The Morgan fingerprint density at radius 1 is 1.03 bits per heavy atom. The molecule has 2 heterocycles. The molecule has 1 aliphatic heterocycles. The monoisotopic (exact) mass is 514 g/mol. The van der Waals surface area contributed by atoms with Crippen LogP contribution in [0.2, 0.25) is 10.0 Å². The lowest BCUT2D eigenvalue weighted by atomic mass is 10.1. The van der Waals surface area contributed by atoms with Crippen LogP contribution in [0.4, 0.5) is 5.69 Å². The van der Waals surface area contributed by atoms with Crippen molar-refractivity contribution in [3.05, 3.63) is 75.5 Å². The minimum Gasteiger partial charge on any atom is -0.368 e. The molecule has 1 amide bonds. The molecule has 9 heteroatoms. The number of aromatic nitrogens is 3. The number of nitrogens with zero attached hydrogens (tertiary/aromatic N) is 5. The zero-order valence-corrected chi connectivity index (χ0v) is 21.6. The summed E-state index contributed by atoms with van der Waals surface area (Å²) in [4.78, 5) is 17.5. The predicted molar refractivity (Wildman–Crippen MR) is 142 cm³/mol. The van der Waals surface area contributed by atoms with Crippen molar-refractivity contribution in [3.8, 4) is 0 Å². The number of hydrogen-bond acceptors (Lipinski definition) is 5. The lowest BCUT2D eigenvalue weighted by molar-refractivity contribution is 0.0945. The highest BCUT2D eigenvalue weighted by molar-refractivity contribution is 6.43.